The third-order valence-electron chi connectivity index (χ3n) is 15.8. The molecule has 9 rings (SSSR count). The number of allylic oxidation sites excluding steroid dienone is 1. The van der Waals surface area contributed by atoms with E-state index in [1.807, 2.05) is 65.6 Å². The zero-order valence-electron chi connectivity index (χ0n) is 42.7. The molecular formula is C61H70N4O10. The van der Waals surface area contributed by atoms with Crippen LogP contribution in [0.1, 0.15) is 112 Å². The maximum Gasteiger partial charge on any atom is 0.412 e. The lowest BCUT2D eigenvalue weighted by Crippen LogP contribution is -2.70. The third-order valence-corrected chi connectivity index (χ3v) is 15.8. The van der Waals surface area contributed by atoms with Crippen molar-refractivity contribution < 1.29 is 43.8 Å². The van der Waals surface area contributed by atoms with Crippen LogP contribution in [-0.2, 0) is 34.1 Å². The lowest BCUT2D eigenvalue weighted by molar-refractivity contribution is -0.384. The second kappa shape index (κ2) is 25.1. The first kappa shape index (κ1) is 53.0. The number of carbonyl (C=O) groups excluding carboxylic acids is 2. The maximum absolute atomic E-state index is 15.6. The number of carbonyl (C=O) groups is 2. The summed E-state index contributed by atoms with van der Waals surface area (Å²) in [6.07, 6.45) is 13.4. The SMILES string of the molecule is C=CCOC12Oc3ccc(OC(=O)NCc4ccccc4)cc3C3C(CCCCO)C(CCCCO)C=C(C(=NOCc4ccc([N+](=O)[O-])cc4)CC1N(Cc1cccc4ccccc14)C(=O)CCC1CCCC1)C32. The number of nitrogens with zero attached hydrogens (tertiary/aromatic N) is 3. The fraction of sp³-hybridized carbons (Fsp3) is 0.426. The van der Waals surface area contributed by atoms with Crippen LogP contribution in [0.25, 0.3) is 10.8 Å². The molecule has 4 aliphatic rings. The van der Waals surface area contributed by atoms with Crippen molar-refractivity contribution >= 4 is 34.2 Å². The largest absolute Gasteiger partial charge is 0.459 e. The molecule has 3 aliphatic carbocycles. The van der Waals surface area contributed by atoms with Crippen molar-refractivity contribution in [3.8, 4) is 11.5 Å². The molecule has 14 nitrogen and oxygen atoms in total. The van der Waals surface area contributed by atoms with Gasteiger partial charge in [-0.05, 0) is 113 Å². The molecule has 0 aromatic heterocycles. The molecule has 3 N–H and O–H groups in total. The minimum atomic E-state index is -1.51. The number of aliphatic hydroxyl groups is 2. The average Bonchev–Trinajstić information content (AvgIpc) is 3.96. The number of hydrogen-bond acceptors (Lipinski definition) is 11. The van der Waals surface area contributed by atoms with Crippen LogP contribution in [0.2, 0.25) is 0 Å². The minimum Gasteiger partial charge on any atom is -0.459 e. The molecule has 0 radical (unpaired) electrons. The molecule has 6 atom stereocenters. The van der Waals surface area contributed by atoms with Crippen LogP contribution in [0.15, 0.2) is 145 Å². The zero-order chi connectivity index (χ0) is 52.2. The van der Waals surface area contributed by atoms with Crippen molar-refractivity contribution in [1.29, 1.82) is 0 Å². The third kappa shape index (κ3) is 12.3. The highest BCUT2D eigenvalue weighted by Crippen LogP contribution is 2.62. The van der Waals surface area contributed by atoms with Gasteiger partial charge in [-0.2, -0.15) is 0 Å². The number of aliphatic hydroxyl groups excluding tert-OH is 2. The molecule has 2 fully saturated rings. The van der Waals surface area contributed by atoms with Crippen molar-refractivity contribution in [3.05, 3.63) is 172 Å². The Labute approximate surface area is 439 Å². The van der Waals surface area contributed by atoms with Gasteiger partial charge >= 0.3 is 6.09 Å². The van der Waals surface area contributed by atoms with Gasteiger partial charge in [0.25, 0.3) is 5.69 Å². The molecule has 1 heterocycles. The number of fused-ring (bicyclic) bond motifs is 3. The van der Waals surface area contributed by atoms with Gasteiger partial charge in [0, 0.05) is 62.8 Å². The second-order valence-electron chi connectivity index (χ2n) is 20.5. The first-order chi connectivity index (χ1) is 36.7. The fourth-order valence-electron chi connectivity index (χ4n) is 12.3. The van der Waals surface area contributed by atoms with Crippen LogP contribution in [-0.4, -0.2) is 69.4 Å². The number of nitro groups is 1. The molecule has 6 unspecified atom stereocenters. The summed E-state index contributed by atoms with van der Waals surface area (Å²) in [5, 5.41) is 41.7. The van der Waals surface area contributed by atoms with Crippen LogP contribution < -0.4 is 14.8 Å². The Balaban J connectivity index is 1.21. The predicted molar refractivity (Wildman–Crippen MR) is 288 cm³/mol. The van der Waals surface area contributed by atoms with Crippen molar-refractivity contribution in [2.24, 2.45) is 28.8 Å². The number of amides is 2. The molecule has 14 heteroatoms. The van der Waals surface area contributed by atoms with Crippen LogP contribution in [0, 0.1) is 33.8 Å². The van der Waals surface area contributed by atoms with Gasteiger partial charge in [-0.3, -0.25) is 14.9 Å². The van der Waals surface area contributed by atoms with Gasteiger partial charge in [0.2, 0.25) is 11.7 Å². The second-order valence-corrected chi connectivity index (χ2v) is 20.5. The standard InChI is InChI=1S/C61H70N4O10/c1-2-35-72-61-56(64(57(68)32-27-42-15-6-7-16-42)40-47-22-14-21-45-19-8-9-23-50(45)47)38-54(63-73-41-44-25-28-48(29-26-44)65(70)71)52-36-46(20-10-12-33-66)51(24-11-13-34-67)58(59(52)61)53-37-49(30-31-55(53)75-61)74-60(69)62-39-43-17-4-3-5-18-43/h2-5,8-9,14,17-19,21-23,25-26,28-31,36-37,42,46,51,56,58-59,66-67H,1,6-7,10-13,15-16,20,24,27,32-35,38-41H2,(H,62,69). The Morgan fingerprint density at radius 2 is 1.63 bits per heavy atom. The molecule has 2 saturated carbocycles. The fourth-order valence-corrected chi connectivity index (χ4v) is 12.3. The van der Waals surface area contributed by atoms with Crippen LogP contribution in [0.3, 0.4) is 0 Å². The molecule has 5 aromatic rings. The average molecular weight is 1020 g/mol. The van der Waals surface area contributed by atoms with Gasteiger partial charge < -0.3 is 39.5 Å². The summed E-state index contributed by atoms with van der Waals surface area (Å²) in [6.45, 7) is 4.87. The van der Waals surface area contributed by atoms with E-state index in [0.29, 0.717) is 48.0 Å². The Morgan fingerprint density at radius 1 is 0.880 bits per heavy atom. The first-order valence-electron chi connectivity index (χ1n) is 26.9. The molecule has 2 amide bonds. The van der Waals surface area contributed by atoms with E-state index < -0.39 is 28.8 Å². The van der Waals surface area contributed by atoms with Gasteiger partial charge in [-0.1, -0.05) is 129 Å². The highest BCUT2D eigenvalue weighted by Gasteiger charge is 2.65. The van der Waals surface area contributed by atoms with Crippen LogP contribution >= 0.6 is 0 Å². The summed E-state index contributed by atoms with van der Waals surface area (Å²) >= 11 is 0. The van der Waals surface area contributed by atoms with Gasteiger partial charge in [0.1, 0.15) is 24.1 Å². The van der Waals surface area contributed by atoms with Crippen LogP contribution in [0.5, 0.6) is 11.5 Å². The quantitative estimate of drug-likeness (QED) is 0.0233. The van der Waals surface area contributed by atoms with Gasteiger partial charge in [-0.15, -0.1) is 6.58 Å². The number of oxime groups is 1. The summed E-state index contributed by atoms with van der Waals surface area (Å²) in [7, 11) is 0. The molecule has 0 saturated heterocycles. The Hall–Kier alpha value is -6.87. The molecule has 394 valence electrons. The normalized spacial score (nSPS) is 22.3. The highest BCUT2D eigenvalue weighted by molar-refractivity contribution is 6.03. The van der Waals surface area contributed by atoms with Gasteiger partial charge in [0.15, 0.2) is 0 Å². The molecule has 75 heavy (non-hydrogen) atoms. The van der Waals surface area contributed by atoms with E-state index in [1.54, 1.807) is 24.3 Å². The summed E-state index contributed by atoms with van der Waals surface area (Å²) in [5.41, 5.74) is 4.87. The highest BCUT2D eigenvalue weighted by atomic mass is 16.7. The van der Waals surface area contributed by atoms with E-state index in [4.69, 9.17) is 24.2 Å². The Bertz CT molecular complexity index is 2820. The predicted octanol–water partition coefficient (Wildman–Crippen LogP) is 11.9. The number of unbranched alkanes of at least 4 members (excludes halogenated alkanes) is 2. The molecule has 1 aliphatic heterocycles. The van der Waals surface area contributed by atoms with E-state index >= 15 is 4.79 Å². The molecule has 0 spiro atoms. The number of hydrogen-bond donors (Lipinski definition) is 3. The molecule has 0 bridgehead atoms. The molecule has 5 aromatic carbocycles. The van der Waals surface area contributed by atoms with Crippen molar-refractivity contribution in [2.75, 3.05) is 19.8 Å². The Morgan fingerprint density at radius 3 is 2.39 bits per heavy atom. The first-order valence-corrected chi connectivity index (χ1v) is 26.9. The van der Waals surface area contributed by atoms with Crippen LogP contribution in [0.4, 0.5) is 10.5 Å². The summed E-state index contributed by atoms with van der Waals surface area (Å²) < 4.78 is 20.9. The minimum absolute atomic E-state index is 0.0200. The number of benzene rings is 5. The molecular weight excluding hydrogens is 949 g/mol. The van der Waals surface area contributed by atoms with Gasteiger partial charge in [0.05, 0.1) is 23.2 Å². The maximum atomic E-state index is 15.6. The van der Waals surface area contributed by atoms with E-state index in [1.165, 1.54) is 12.1 Å². The monoisotopic (exact) mass is 1020 g/mol. The zero-order valence-corrected chi connectivity index (χ0v) is 42.7. The topological polar surface area (TPSA) is 182 Å². The van der Waals surface area contributed by atoms with Crippen molar-refractivity contribution in [2.45, 2.75) is 121 Å². The number of nitro benzene ring substituents is 1. The van der Waals surface area contributed by atoms with E-state index in [9.17, 15) is 25.1 Å². The summed E-state index contributed by atoms with van der Waals surface area (Å²) in [6, 6.07) is 34.9. The number of rotatable bonds is 24. The smallest absolute Gasteiger partial charge is 0.412 e. The van der Waals surface area contributed by atoms with E-state index in [0.717, 1.165) is 90.8 Å². The lowest BCUT2D eigenvalue weighted by Gasteiger charge is -2.60. The lowest BCUT2D eigenvalue weighted by atomic mass is 9.55. The number of non-ortho nitro benzene ring substituents is 1. The van der Waals surface area contributed by atoms with Gasteiger partial charge in [-0.25, -0.2) is 4.79 Å². The van der Waals surface area contributed by atoms with E-state index in [2.05, 4.69) is 42.2 Å². The summed E-state index contributed by atoms with van der Waals surface area (Å²) in [4.78, 5) is 48.5. The summed E-state index contributed by atoms with van der Waals surface area (Å²) in [5.74, 6) is -1.25. The number of ether oxygens (including phenoxy) is 3. The number of nitrogens with one attached hydrogen (secondary N) is 1. The van der Waals surface area contributed by atoms with Crippen molar-refractivity contribution in [3.63, 3.8) is 0 Å². The van der Waals surface area contributed by atoms with E-state index in [-0.39, 0.29) is 75.3 Å². The Kier molecular flexibility index (Phi) is 17.7. The van der Waals surface area contributed by atoms with Crippen molar-refractivity contribution in [1.82, 2.24) is 10.2 Å².